The highest BCUT2D eigenvalue weighted by molar-refractivity contribution is 6.30. The average molecular weight is 200 g/mol. The second-order valence-electron chi connectivity index (χ2n) is 3.04. The SMILES string of the molecule is CCCCc1c(C)nc(N)nc1Cl. The Balaban J connectivity index is 2.92. The van der Waals surface area contributed by atoms with E-state index in [2.05, 4.69) is 16.9 Å². The molecule has 0 aliphatic carbocycles. The monoisotopic (exact) mass is 199 g/mol. The Morgan fingerprint density at radius 3 is 2.62 bits per heavy atom. The van der Waals surface area contributed by atoms with E-state index in [9.17, 15) is 0 Å². The highest BCUT2D eigenvalue weighted by Gasteiger charge is 2.07. The molecule has 3 nitrogen and oxygen atoms in total. The molecule has 1 rings (SSSR count). The van der Waals surface area contributed by atoms with Crippen molar-refractivity contribution >= 4 is 17.5 Å². The summed E-state index contributed by atoms with van der Waals surface area (Å²) in [5.41, 5.74) is 7.37. The minimum atomic E-state index is 0.253. The summed E-state index contributed by atoms with van der Waals surface area (Å²) in [6.45, 7) is 4.05. The van der Waals surface area contributed by atoms with E-state index in [0.29, 0.717) is 5.15 Å². The van der Waals surface area contributed by atoms with Crippen molar-refractivity contribution < 1.29 is 0 Å². The van der Waals surface area contributed by atoms with Gasteiger partial charge in [0.2, 0.25) is 5.95 Å². The lowest BCUT2D eigenvalue weighted by atomic mass is 10.1. The second-order valence-corrected chi connectivity index (χ2v) is 3.40. The first kappa shape index (κ1) is 10.3. The van der Waals surface area contributed by atoms with Crippen LogP contribution in [0.1, 0.15) is 31.0 Å². The first-order valence-corrected chi connectivity index (χ1v) is 4.81. The van der Waals surface area contributed by atoms with Crippen molar-refractivity contribution in [2.24, 2.45) is 0 Å². The van der Waals surface area contributed by atoms with Crippen molar-refractivity contribution in [2.75, 3.05) is 5.73 Å². The fraction of sp³-hybridized carbons (Fsp3) is 0.556. The molecule has 72 valence electrons. The van der Waals surface area contributed by atoms with E-state index in [-0.39, 0.29) is 5.95 Å². The highest BCUT2D eigenvalue weighted by atomic mass is 35.5. The van der Waals surface area contributed by atoms with Crippen molar-refractivity contribution in [2.45, 2.75) is 33.1 Å². The van der Waals surface area contributed by atoms with Crippen LogP contribution >= 0.6 is 11.6 Å². The summed E-state index contributed by atoms with van der Waals surface area (Å²) in [5, 5.41) is 0.499. The fourth-order valence-electron chi connectivity index (χ4n) is 1.22. The fourth-order valence-corrected chi connectivity index (χ4v) is 1.54. The van der Waals surface area contributed by atoms with Gasteiger partial charge in [-0.1, -0.05) is 24.9 Å². The topological polar surface area (TPSA) is 51.8 Å². The molecular formula is C9H14ClN3. The van der Waals surface area contributed by atoms with Crippen LogP contribution in [0.15, 0.2) is 0 Å². The Morgan fingerprint density at radius 1 is 1.38 bits per heavy atom. The van der Waals surface area contributed by atoms with Gasteiger partial charge in [-0.2, -0.15) is 0 Å². The number of anilines is 1. The molecule has 0 fully saturated rings. The van der Waals surface area contributed by atoms with E-state index in [1.165, 1.54) is 0 Å². The van der Waals surface area contributed by atoms with E-state index in [1.807, 2.05) is 6.92 Å². The molecule has 0 saturated heterocycles. The Kier molecular flexibility index (Phi) is 3.48. The molecular weight excluding hydrogens is 186 g/mol. The van der Waals surface area contributed by atoms with Gasteiger partial charge in [-0.05, 0) is 19.8 Å². The number of aromatic nitrogens is 2. The van der Waals surface area contributed by atoms with E-state index < -0.39 is 0 Å². The number of halogens is 1. The number of nitrogens with two attached hydrogens (primary N) is 1. The number of unbranched alkanes of at least 4 members (excludes halogenated alkanes) is 1. The molecule has 0 unspecified atom stereocenters. The molecule has 0 saturated carbocycles. The van der Waals surface area contributed by atoms with Gasteiger partial charge in [0.15, 0.2) is 0 Å². The van der Waals surface area contributed by atoms with Crippen LogP contribution in [-0.4, -0.2) is 9.97 Å². The van der Waals surface area contributed by atoms with Gasteiger partial charge in [0.1, 0.15) is 5.15 Å². The summed E-state index contributed by atoms with van der Waals surface area (Å²) in [6.07, 6.45) is 3.18. The van der Waals surface area contributed by atoms with Crippen LogP contribution < -0.4 is 5.73 Å². The number of nitrogens with zero attached hydrogens (tertiary/aromatic N) is 2. The zero-order valence-electron chi connectivity index (χ0n) is 7.97. The van der Waals surface area contributed by atoms with Crippen molar-refractivity contribution in [1.82, 2.24) is 9.97 Å². The molecule has 0 aliphatic heterocycles. The summed E-state index contributed by atoms with van der Waals surface area (Å²) < 4.78 is 0. The van der Waals surface area contributed by atoms with Gasteiger partial charge in [-0.25, -0.2) is 9.97 Å². The standard InChI is InChI=1S/C9H14ClN3/c1-3-4-5-7-6(2)12-9(11)13-8(7)10/h3-5H2,1-2H3,(H2,11,12,13). The number of nitrogen functional groups attached to an aromatic ring is 1. The van der Waals surface area contributed by atoms with E-state index in [1.54, 1.807) is 0 Å². The first-order chi connectivity index (χ1) is 6.15. The molecule has 13 heavy (non-hydrogen) atoms. The number of hydrogen-bond donors (Lipinski definition) is 1. The van der Waals surface area contributed by atoms with Crippen LogP contribution in [0.2, 0.25) is 5.15 Å². The largest absolute Gasteiger partial charge is 0.368 e. The molecule has 1 aromatic heterocycles. The summed E-state index contributed by atoms with van der Waals surface area (Å²) in [6, 6.07) is 0. The van der Waals surface area contributed by atoms with Gasteiger partial charge >= 0.3 is 0 Å². The number of hydrogen-bond acceptors (Lipinski definition) is 3. The summed E-state index contributed by atoms with van der Waals surface area (Å²) in [5.74, 6) is 0.253. The Hall–Kier alpha value is -0.830. The third kappa shape index (κ3) is 2.56. The third-order valence-electron chi connectivity index (χ3n) is 1.96. The van der Waals surface area contributed by atoms with Crippen molar-refractivity contribution in [1.29, 1.82) is 0 Å². The molecule has 0 aliphatic rings. The van der Waals surface area contributed by atoms with E-state index in [4.69, 9.17) is 17.3 Å². The smallest absolute Gasteiger partial charge is 0.221 e. The number of rotatable bonds is 3. The zero-order chi connectivity index (χ0) is 9.84. The maximum atomic E-state index is 5.94. The molecule has 0 amide bonds. The van der Waals surface area contributed by atoms with Gasteiger partial charge in [0, 0.05) is 11.3 Å². The molecule has 4 heteroatoms. The van der Waals surface area contributed by atoms with Crippen LogP contribution in [0.4, 0.5) is 5.95 Å². The normalized spacial score (nSPS) is 10.4. The lowest BCUT2D eigenvalue weighted by Gasteiger charge is -2.06. The van der Waals surface area contributed by atoms with Crippen LogP contribution in [0, 0.1) is 6.92 Å². The maximum absolute atomic E-state index is 5.94. The van der Waals surface area contributed by atoms with Crippen LogP contribution in [0.5, 0.6) is 0 Å². The van der Waals surface area contributed by atoms with Crippen molar-refractivity contribution in [3.63, 3.8) is 0 Å². The first-order valence-electron chi connectivity index (χ1n) is 4.43. The highest BCUT2D eigenvalue weighted by Crippen LogP contribution is 2.19. The van der Waals surface area contributed by atoms with E-state index >= 15 is 0 Å². The molecule has 1 heterocycles. The molecule has 0 bridgehead atoms. The quantitative estimate of drug-likeness (QED) is 0.761. The molecule has 0 radical (unpaired) electrons. The Morgan fingerprint density at radius 2 is 2.08 bits per heavy atom. The van der Waals surface area contributed by atoms with Crippen molar-refractivity contribution in [3.8, 4) is 0 Å². The predicted molar refractivity (Wildman–Crippen MR) is 54.8 cm³/mol. The van der Waals surface area contributed by atoms with Gasteiger partial charge in [-0.3, -0.25) is 0 Å². The Labute approximate surface area is 83.3 Å². The average Bonchev–Trinajstić information content (AvgIpc) is 2.02. The summed E-state index contributed by atoms with van der Waals surface area (Å²) in [4.78, 5) is 7.99. The lowest BCUT2D eigenvalue weighted by molar-refractivity contribution is 0.782. The minimum absolute atomic E-state index is 0.253. The number of aryl methyl sites for hydroxylation is 1. The third-order valence-corrected chi connectivity index (χ3v) is 2.27. The van der Waals surface area contributed by atoms with Gasteiger partial charge in [-0.15, -0.1) is 0 Å². The van der Waals surface area contributed by atoms with Crippen LogP contribution in [0.3, 0.4) is 0 Å². The molecule has 0 atom stereocenters. The van der Waals surface area contributed by atoms with Crippen LogP contribution in [-0.2, 0) is 6.42 Å². The zero-order valence-corrected chi connectivity index (χ0v) is 8.73. The van der Waals surface area contributed by atoms with Gasteiger partial charge < -0.3 is 5.73 Å². The second kappa shape index (κ2) is 4.42. The summed E-state index contributed by atoms with van der Waals surface area (Å²) >= 11 is 5.94. The molecule has 0 aromatic carbocycles. The minimum Gasteiger partial charge on any atom is -0.368 e. The van der Waals surface area contributed by atoms with Gasteiger partial charge in [0.25, 0.3) is 0 Å². The van der Waals surface area contributed by atoms with E-state index in [0.717, 1.165) is 30.5 Å². The Bertz CT molecular complexity index is 276. The van der Waals surface area contributed by atoms with Crippen molar-refractivity contribution in [3.05, 3.63) is 16.4 Å². The van der Waals surface area contributed by atoms with Crippen LogP contribution in [0.25, 0.3) is 0 Å². The molecule has 1 aromatic rings. The molecule has 2 N–H and O–H groups in total. The maximum Gasteiger partial charge on any atom is 0.221 e. The summed E-state index contributed by atoms with van der Waals surface area (Å²) in [7, 11) is 0. The lowest BCUT2D eigenvalue weighted by Crippen LogP contribution is -2.02. The predicted octanol–water partition coefficient (Wildman–Crippen LogP) is 2.36. The van der Waals surface area contributed by atoms with Gasteiger partial charge in [0.05, 0.1) is 0 Å². The molecule has 0 spiro atoms.